The van der Waals surface area contributed by atoms with E-state index in [-0.39, 0.29) is 85.9 Å². The van der Waals surface area contributed by atoms with Gasteiger partial charge in [0.05, 0.1) is 18.7 Å². The minimum Gasteiger partial charge on any atom is -0.463 e. The van der Waals surface area contributed by atoms with E-state index in [1.807, 2.05) is 6.92 Å². The summed E-state index contributed by atoms with van der Waals surface area (Å²) in [6, 6.07) is -1.63. The summed E-state index contributed by atoms with van der Waals surface area (Å²) in [5.74, 6) is 0.428. The van der Waals surface area contributed by atoms with E-state index < -0.39 is 60.8 Å². The van der Waals surface area contributed by atoms with Gasteiger partial charge in [0.2, 0.25) is 23.6 Å². The molecular weight excluding hydrogens is 897 g/mol. The molecular formula is C50H82N4O15. The quantitative estimate of drug-likeness (QED) is 0.0306. The van der Waals surface area contributed by atoms with Crippen molar-refractivity contribution in [1.29, 1.82) is 0 Å². The smallest absolute Gasteiger partial charge is 0.303 e. The van der Waals surface area contributed by atoms with E-state index in [1.165, 1.54) is 27.7 Å². The van der Waals surface area contributed by atoms with Crippen LogP contribution in [-0.2, 0) is 71.5 Å². The molecule has 69 heavy (non-hydrogen) atoms. The number of carbonyl (C=O) groups is 8. The lowest BCUT2D eigenvalue weighted by atomic mass is 9.79. The number of esters is 3. The SMILES string of the molecule is C#CCNC(=O)CCCCCCC(=O)[C@@H](CCCCNC(=O)CCCCOC1OC(CC)C(OC(C)=O)C(OC(C)=O)C1NC(C)=O)NC(=O)CCCCOC1OC(COC(C)=O)C(C)C(C)C1C. The number of terminal acetylenes is 1. The molecule has 392 valence electrons. The molecule has 4 N–H and O–H groups in total. The first-order valence-corrected chi connectivity index (χ1v) is 25.0. The van der Waals surface area contributed by atoms with Gasteiger partial charge in [-0.3, -0.25) is 38.4 Å². The number of carbonyl (C=O) groups excluding carboxylic acids is 8. The van der Waals surface area contributed by atoms with E-state index in [0.717, 1.165) is 12.8 Å². The predicted molar refractivity (Wildman–Crippen MR) is 253 cm³/mol. The maximum atomic E-state index is 13.4. The third kappa shape index (κ3) is 24.2. The van der Waals surface area contributed by atoms with Crippen molar-refractivity contribution in [3.05, 3.63) is 0 Å². The van der Waals surface area contributed by atoms with Gasteiger partial charge in [0.1, 0.15) is 18.8 Å². The van der Waals surface area contributed by atoms with Crippen LogP contribution in [0, 0.1) is 30.1 Å². The zero-order valence-corrected chi connectivity index (χ0v) is 42.4. The number of rotatable bonds is 33. The molecule has 0 spiro atoms. The van der Waals surface area contributed by atoms with E-state index in [0.29, 0.717) is 90.2 Å². The average Bonchev–Trinajstić information content (AvgIpc) is 3.29. The van der Waals surface area contributed by atoms with E-state index in [1.54, 1.807) is 0 Å². The molecule has 0 aromatic rings. The number of hydrogen-bond acceptors (Lipinski definition) is 15. The highest BCUT2D eigenvalue weighted by Gasteiger charge is 2.50. The molecule has 0 aromatic carbocycles. The minimum absolute atomic E-state index is 0.0573. The number of nitrogens with one attached hydrogen (secondary N) is 4. The maximum absolute atomic E-state index is 13.4. The fourth-order valence-electron chi connectivity index (χ4n) is 8.39. The van der Waals surface area contributed by atoms with Gasteiger partial charge in [-0.05, 0) is 76.0 Å². The van der Waals surface area contributed by atoms with Gasteiger partial charge < -0.3 is 54.4 Å². The Bertz CT molecular complexity index is 1670. The number of hydrogen-bond donors (Lipinski definition) is 4. The summed E-state index contributed by atoms with van der Waals surface area (Å²) in [6.45, 7) is 14.5. The van der Waals surface area contributed by atoms with E-state index in [9.17, 15) is 38.4 Å². The topological polar surface area (TPSA) is 249 Å². The largest absolute Gasteiger partial charge is 0.463 e. The van der Waals surface area contributed by atoms with Crippen molar-refractivity contribution in [3.8, 4) is 12.3 Å². The van der Waals surface area contributed by atoms with Crippen LogP contribution < -0.4 is 21.3 Å². The second kappa shape index (κ2) is 33.8. The third-order valence-electron chi connectivity index (χ3n) is 12.5. The van der Waals surface area contributed by atoms with E-state index in [2.05, 4.69) is 48.0 Å². The molecule has 2 rings (SSSR count). The summed E-state index contributed by atoms with van der Waals surface area (Å²) in [4.78, 5) is 98.5. The summed E-state index contributed by atoms with van der Waals surface area (Å²) in [6.07, 6.45) is 8.85. The van der Waals surface area contributed by atoms with Gasteiger partial charge >= 0.3 is 17.9 Å². The second-order valence-electron chi connectivity index (χ2n) is 18.2. The Morgan fingerprint density at radius 1 is 0.609 bits per heavy atom. The van der Waals surface area contributed by atoms with E-state index in [4.69, 9.17) is 39.6 Å². The number of amides is 4. The molecule has 2 aliphatic rings. The van der Waals surface area contributed by atoms with Crippen molar-refractivity contribution in [2.75, 3.05) is 32.9 Å². The van der Waals surface area contributed by atoms with E-state index >= 15 is 0 Å². The molecule has 0 bridgehead atoms. The summed E-state index contributed by atoms with van der Waals surface area (Å²) in [7, 11) is 0. The molecule has 11 atom stereocenters. The van der Waals surface area contributed by atoms with Gasteiger partial charge in [-0.2, -0.15) is 0 Å². The number of unbranched alkanes of at least 4 members (excludes halogenated alkanes) is 6. The number of ketones is 1. The van der Waals surface area contributed by atoms with Crippen molar-refractivity contribution in [2.24, 2.45) is 17.8 Å². The van der Waals surface area contributed by atoms with Gasteiger partial charge in [-0.15, -0.1) is 6.42 Å². The number of Topliss-reactive ketones (excluding diaryl/α,β-unsaturated/α-hetero) is 1. The zero-order valence-electron chi connectivity index (χ0n) is 42.4. The molecule has 19 heteroatoms. The van der Waals surface area contributed by atoms with Crippen LogP contribution in [0.1, 0.15) is 158 Å². The van der Waals surface area contributed by atoms with Crippen molar-refractivity contribution >= 4 is 47.3 Å². The third-order valence-corrected chi connectivity index (χ3v) is 12.5. The predicted octanol–water partition coefficient (Wildman–Crippen LogP) is 4.49. The lowest BCUT2D eigenvalue weighted by Gasteiger charge is -2.45. The standard InChI is InChI=1S/C50H82N4O15/c1-10-27-51-43(60)24-15-13-12-14-23-40(59)39(54-45(62)26-18-21-29-63-49-34(5)32(3)33(4)42(69-49)31-65-36(7)56)22-16-19-28-52-44(61)25-17-20-30-64-50-46(53-35(6)55)48(67-38(9)58)47(66-37(8)57)41(11-2)68-50/h1,32-34,39,41-42,46-50H,11-31H2,2-9H3,(H,51,60)(H,52,61)(H,53,55)(H,54,62)/t32?,33?,34?,39-,41?,42?,46?,47?,48?,49?,50?/m1/s1. The molecule has 2 aliphatic heterocycles. The van der Waals surface area contributed by atoms with Gasteiger partial charge in [0.15, 0.2) is 30.6 Å². The monoisotopic (exact) mass is 979 g/mol. The van der Waals surface area contributed by atoms with Gasteiger partial charge in [-0.25, -0.2) is 0 Å². The first-order valence-electron chi connectivity index (χ1n) is 25.0. The Kier molecular flexibility index (Phi) is 29.6. The Morgan fingerprint density at radius 2 is 1.17 bits per heavy atom. The Labute approximate surface area is 409 Å². The Hall–Kier alpha value is -4.64. The minimum atomic E-state index is -1.05. The van der Waals surface area contributed by atoms with Crippen LogP contribution in [-0.4, -0.2) is 129 Å². The van der Waals surface area contributed by atoms with Crippen LogP contribution >= 0.6 is 0 Å². The zero-order chi connectivity index (χ0) is 51.3. The van der Waals surface area contributed by atoms with Crippen molar-refractivity contribution < 1.29 is 71.5 Å². The maximum Gasteiger partial charge on any atom is 0.303 e. The molecule has 4 amide bonds. The van der Waals surface area contributed by atoms with Crippen LogP contribution in [0.5, 0.6) is 0 Å². The van der Waals surface area contributed by atoms with Crippen molar-refractivity contribution in [2.45, 2.75) is 207 Å². The van der Waals surface area contributed by atoms with Gasteiger partial charge in [0.25, 0.3) is 0 Å². The fourth-order valence-corrected chi connectivity index (χ4v) is 8.39. The molecule has 0 radical (unpaired) electrons. The van der Waals surface area contributed by atoms with Gasteiger partial charge in [-0.1, -0.05) is 46.5 Å². The van der Waals surface area contributed by atoms with Crippen LogP contribution in [0.25, 0.3) is 0 Å². The summed E-state index contributed by atoms with van der Waals surface area (Å²) in [5, 5.41) is 11.2. The first-order chi connectivity index (χ1) is 32.9. The molecule has 19 nitrogen and oxygen atoms in total. The van der Waals surface area contributed by atoms with Crippen LogP contribution in [0.3, 0.4) is 0 Å². The highest BCUT2D eigenvalue weighted by Crippen LogP contribution is 2.36. The van der Waals surface area contributed by atoms with Crippen LogP contribution in [0.15, 0.2) is 0 Å². The Morgan fingerprint density at radius 3 is 1.77 bits per heavy atom. The van der Waals surface area contributed by atoms with Gasteiger partial charge in [0, 0.05) is 79.1 Å². The molecule has 0 saturated carbocycles. The first kappa shape index (κ1) is 60.5. The molecule has 10 unspecified atom stereocenters. The average molecular weight is 979 g/mol. The summed E-state index contributed by atoms with van der Waals surface area (Å²) in [5.41, 5.74) is 0. The second-order valence-corrected chi connectivity index (χ2v) is 18.2. The lowest BCUT2D eigenvalue weighted by molar-refractivity contribution is -0.272. The molecule has 2 fully saturated rings. The Balaban J connectivity index is 1.84. The highest BCUT2D eigenvalue weighted by atomic mass is 16.7. The molecule has 0 aliphatic carbocycles. The van der Waals surface area contributed by atoms with Crippen LogP contribution in [0.4, 0.5) is 0 Å². The van der Waals surface area contributed by atoms with Crippen molar-refractivity contribution in [1.82, 2.24) is 21.3 Å². The lowest BCUT2D eigenvalue weighted by Crippen LogP contribution is -2.65. The normalized spacial score (nSPS) is 24.7. The summed E-state index contributed by atoms with van der Waals surface area (Å²) < 4.78 is 40.5. The van der Waals surface area contributed by atoms with Crippen LogP contribution in [0.2, 0.25) is 0 Å². The van der Waals surface area contributed by atoms with Crippen molar-refractivity contribution in [3.63, 3.8) is 0 Å². The summed E-state index contributed by atoms with van der Waals surface area (Å²) >= 11 is 0. The number of ether oxygens (including phenoxy) is 7. The highest BCUT2D eigenvalue weighted by molar-refractivity contribution is 5.89. The molecule has 2 saturated heterocycles. The molecule has 2 heterocycles. The molecule has 0 aromatic heterocycles. The fraction of sp³-hybridized carbons (Fsp3) is 0.800.